The number of carbonyl (C=O) groups excluding carboxylic acids is 1. The SMILES string of the molecule is CCC1NC(C)(CC)C(=O)N1CC1(SC)CCC1. The van der Waals surface area contributed by atoms with Crippen LogP contribution in [0.5, 0.6) is 0 Å². The van der Waals surface area contributed by atoms with E-state index in [0.717, 1.165) is 19.4 Å². The van der Waals surface area contributed by atoms with Gasteiger partial charge in [0.05, 0.1) is 11.7 Å². The fourth-order valence-electron chi connectivity index (χ4n) is 3.03. The van der Waals surface area contributed by atoms with Crippen LogP contribution < -0.4 is 5.32 Å². The minimum absolute atomic E-state index is 0.229. The highest BCUT2D eigenvalue weighted by molar-refractivity contribution is 8.00. The molecule has 2 aliphatic rings. The highest BCUT2D eigenvalue weighted by atomic mass is 32.2. The minimum atomic E-state index is -0.343. The molecule has 1 heterocycles. The van der Waals surface area contributed by atoms with Gasteiger partial charge in [-0.1, -0.05) is 20.3 Å². The number of nitrogens with zero attached hydrogens (tertiary/aromatic N) is 1. The first-order chi connectivity index (χ1) is 8.50. The first-order valence-electron chi connectivity index (χ1n) is 7.14. The maximum atomic E-state index is 12.6. The number of nitrogens with one attached hydrogen (secondary N) is 1. The van der Waals surface area contributed by atoms with E-state index in [2.05, 4.69) is 30.3 Å². The molecule has 2 rings (SSSR count). The van der Waals surface area contributed by atoms with E-state index < -0.39 is 0 Å². The number of amides is 1. The predicted molar refractivity (Wildman–Crippen MR) is 77.7 cm³/mol. The zero-order valence-electron chi connectivity index (χ0n) is 12.1. The molecule has 0 aromatic rings. The Hall–Kier alpha value is -0.220. The minimum Gasteiger partial charge on any atom is -0.324 e. The van der Waals surface area contributed by atoms with Crippen molar-refractivity contribution in [3.63, 3.8) is 0 Å². The van der Waals surface area contributed by atoms with Gasteiger partial charge in [0.1, 0.15) is 0 Å². The van der Waals surface area contributed by atoms with E-state index in [1.54, 1.807) is 0 Å². The molecule has 3 nitrogen and oxygen atoms in total. The molecule has 2 atom stereocenters. The van der Waals surface area contributed by atoms with E-state index in [-0.39, 0.29) is 11.7 Å². The average molecular weight is 270 g/mol. The van der Waals surface area contributed by atoms with Gasteiger partial charge in [0, 0.05) is 11.3 Å². The van der Waals surface area contributed by atoms with Crippen molar-refractivity contribution in [2.45, 2.75) is 69.3 Å². The number of hydrogen-bond donors (Lipinski definition) is 1. The molecule has 1 amide bonds. The highest BCUT2D eigenvalue weighted by Crippen LogP contribution is 2.44. The monoisotopic (exact) mass is 270 g/mol. The summed E-state index contributed by atoms with van der Waals surface area (Å²) in [6.45, 7) is 7.22. The number of thioether (sulfide) groups is 1. The summed E-state index contributed by atoms with van der Waals surface area (Å²) in [6.07, 6.45) is 8.11. The molecule has 2 fully saturated rings. The third-order valence-electron chi connectivity index (χ3n) is 4.84. The zero-order valence-corrected chi connectivity index (χ0v) is 12.9. The topological polar surface area (TPSA) is 32.3 Å². The molecule has 0 aromatic heterocycles. The molecule has 1 aliphatic carbocycles. The van der Waals surface area contributed by atoms with Crippen LogP contribution in [0.3, 0.4) is 0 Å². The lowest BCUT2D eigenvalue weighted by atomic mass is 9.83. The van der Waals surface area contributed by atoms with Gasteiger partial charge >= 0.3 is 0 Å². The molecule has 1 N–H and O–H groups in total. The van der Waals surface area contributed by atoms with Crippen molar-refractivity contribution in [3.8, 4) is 0 Å². The number of carbonyl (C=O) groups is 1. The number of rotatable bonds is 5. The summed E-state index contributed by atoms with van der Waals surface area (Å²) in [5, 5.41) is 3.53. The molecular weight excluding hydrogens is 244 g/mol. The second-order valence-corrected chi connectivity index (χ2v) is 7.20. The second kappa shape index (κ2) is 5.04. The van der Waals surface area contributed by atoms with Crippen molar-refractivity contribution >= 4 is 17.7 Å². The Morgan fingerprint density at radius 1 is 1.44 bits per heavy atom. The Bertz CT molecular complexity index is 324. The van der Waals surface area contributed by atoms with Gasteiger partial charge in [0.15, 0.2) is 0 Å². The summed E-state index contributed by atoms with van der Waals surface area (Å²) < 4.78 is 0.337. The quantitative estimate of drug-likeness (QED) is 0.833. The van der Waals surface area contributed by atoms with Gasteiger partial charge in [-0.15, -0.1) is 0 Å². The van der Waals surface area contributed by atoms with E-state index in [9.17, 15) is 4.79 Å². The lowest BCUT2D eigenvalue weighted by molar-refractivity contribution is -0.133. The van der Waals surface area contributed by atoms with Crippen molar-refractivity contribution in [3.05, 3.63) is 0 Å². The summed E-state index contributed by atoms with van der Waals surface area (Å²) in [7, 11) is 0. The van der Waals surface area contributed by atoms with Crippen molar-refractivity contribution in [1.82, 2.24) is 10.2 Å². The molecule has 1 saturated heterocycles. The van der Waals surface area contributed by atoms with Crippen LogP contribution in [0.25, 0.3) is 0 Å². The maximum Gasteiger partial charge on any atom is 0.243 e. The number of hydrogen-bond acceptors (Lipinski definition) is 3. The van der Waals surface area contributed by atoms with Crippen LogP contribution in [-0.4, -0.2) is 40.1 Å². The molecule has 4 heteroatoms. The van der Waals surface area contributed by atoms with Crippen LogP contribution in [0, 0.1) is 0 Å². The highest BCUT2D eigenvalue weighted by Gasteiger charge is 2.49. The molecule has 1 aliphatic heterocycles. The molecule has 104 valence electrons. The summed E-state index contributed by atoms with van der Waals surface area (Å²) >= 11 is 1.95. The molecule has 18 heavy (non-hydrogen) atoms. The Labute approximate surface area is 115 Å². The van der Waals surface area contributed by atoms with E-state index in [1.165, 1.54) is 19.3 Å². The second-order valence-electron chi connectivity index (χ2n) is 5.93. The summed E-state index contributed by atoms with van der Waals surface area (Å²) in [4.78, 5) is 14.7. The van der Waals surface area contributed by atoms with Gasteiger partial charge in [0.25, 0.3) is 0 Å². The first-order valence-corrected chi connectivity index (χ1v) is 8.36. The van der Waals surface area contributed by atoms with Gasteiger partial charge in [-0.05, 0) is 38.9 Å². The van der Waals surface area contributed by atoms with Crippen molar-refractivity contribution < 1.29 is 4.79 Å². The van der Waals surface area contributed by atoms with Gasteiger partial charge in [-0.25, -0.2) is 0 Å². The smallest absolute Gasteiger partial charge is 0.243 e. The molecule has 0 aromatic carbocycles. The Morgan fingerprint density at radius 2 is 2.11 bits per heavy atom. The Kier molecular flexibility index (Phi) is 3.98. The average Bonchev–Trinajstić information content (AvgIpc) is 2.58. The van der Waals surface area contributed by atoms with Crippen LogP contribution in [0.1, 0.15) is 52.9 Å². The van der Waals surface area contributed by atoms with Crippen LogP contribution in [0.15, 0.2) is 0 Å². The summed E-state index contributed by atoms with van der Waals surface area (Å²) in [6, 6.07) is 0. The van der Waals surface area contributed by atoms with Crippen LogP contribution in [0.4, 0.5) is 0 Å². The summed E-state index contributed by atoms with van der Waals surface area (Å²) in [5.41, 5.74) is -0.343. The van der Waals surface area contributed by atoms with Crippen molar-refractivity contribution in [2.24, 2.45) is 0 Å². The molecule has 0 bridgehead atoms. The first kappa shape index (κ1) is 14.2. The van der Waals surface area contributed by atoms with Crippen LogP contribution >= 0.6 is 11.8 Å². The maximum absolute atomic E-state index is 12.6. The molecule has 1 saturated carbocycles. The van der Waals surface area contributed by atoms with Gasteiger partial charge in [0.2, 0.25) is 5.91 Å². The normalized spacial score (nSPS) is 34.8. The van der Waals surface area contributed by atoms with E-state index in [0.29, 0.717) is 10.7 Å². The fourth-order valence-corrected chi connectivity index (χ4v) is 4.00. The standard InChI is InChI=1S/C14H26N2OS/c1-5-11-15-13(3,6-2)12(17)16(11)10-14(18-4)8-7-9-14/h11,15H,5-10H2,1-4H3. The third-order valence-corrected chi connectivity index (χ3v) is 6.25. The van der Waals surface area contributed by atoms with E-state index in [1.807, 2.05) is 18.7 Å². The lowest BCUT2D eigenvalue weighted by Crippen LogP contribution is -2.50. The van der Waals surface area contributed by atoms with Gasteiger partial charge in [-0.3, -0.25) is 10.1 Å². The lowest BCUT2D eigenvalue weighted by Gasteiger charge is -2.44. The third kappa shape index (κ3) is 2.18. The fraction of sp³-hybridized carbons (Fsp3) is 0.929. The summed E-state index contributed by atoms with van der Waals surface area (Å²) in [5.74, 6) is 0.303. The van der Waals surface area contributed by atoms with E-state index in [4.69, 9.17) is 0 Å². The van der Waals surface area contributed by atoms with Crippen LogP contribution in [-0.2, 0) is 4.79 Å². The van der Waals surface area contributed by atoms with Crippen molar-refractivity contribution in [1.29, 1.82) is 0 Å². The molecule has 0 spiro atoms. The Balaban J connectivity index is 2.13. The molecular formula is C14H26N2OS. The largest absolute Gasteiger partial charge is 0.324 e. The molecule has 0 radical (unpaired) electrons. The van der Waals surface area contributed by atoms with Crippen LogP contribution in [0.2, 0.25) is 0 Å². The van der Waals surface area contributed by atoms with Gasteiger partial charge < -0.3 is 4.90 Å². The zero-order chi connectivity index (χ0) is 13.4. The van der Waals surface area contributed by atoms with E-state index >= 15 is 0 Å². The molecule has 2 unspecified atom stereocenters. The van der Waals surface area contributed by atoms with Gasteiger partial charge in [-0.2, -0.15) is 11.8 Å². The Morgan fingerprint density at radius 3 is 2.50 bits per heavy atom. The van der Waals surface area contributed by atoms with Crippen molar-refractivity contribution in [2.75, 3.05) is 12.8 Å². The predicted octanol–water partition coefficient (Wildman–Crippen LogP) is 2.61.